The van der Waals surface area contributed by atoms with Gasteiger partial charge in [-0.2, -0.15) is 0 Å². The summed E-state index contributed by atoms with van der Waals surface area (Å²) in [6.07, 6.45) is 0.139. The molecule has 1 N–H and O–H groups in total. The SMILES string of the molecule is C[C@@H](O)c1cccc(OCCc2ccc([N+](=O)[O-])cc2)c1. The molecule has 21 heavy (non-hydrogen) atoms. The van der Waals surface area contributed by atoms with Crippen LogP contribution in [0.25, 0.3) is 0 Å². The van der Waals surface area contributed by atoms with Crippen molar-refractivity contribution in [3.8, 4) is 5.75 Å². The first-order valence-corrected chi connectivity index (χ1v) is 6.70. The molecule has 110 valence electrons. The van der Waals surface area contributed by atoms with Crippen molar-refractivity contribution in [1.29, 1.82) is 0 Å². The molecule has 0 aliphatic heterocycles. The maximum absolute atomic E-state index is 10.6. The number of benzene rings is 2. The van der Waals surface area contributed by atoms with E-state index >= 15 is 0 Å². The zero-order valence-corrected chi connectivity index (χ0v) is 11.7. The molecule has 5 nitrogen and oxygen atoms in total. The third-order valence-corrected chi connectivity index (χ3v) is 3.15. The summed E-state index contributed by atoms with van der Waals surface area (Å²) in [5, 5.41) is 20.1. The van der Waals surface area contributed by atoms with Gasteiger partial charge in [-0.25, -0.2) is 0 Å². The van der Waals surface area contributed by atoms with Crippen molar-refractivity contribution in [2.24, 2.45) is 0 Å². The van der Waals surface area contributed by atoms with Gasteiger partial charge in [-0.3, -0.25) is 10.1 Å². The minimum Gasteiger partial charge on any atom is -0.493 e. The predicted octanol–water partition coefficient (Wildman–Crippen LogP) is 3.27. The van der Waals surface area contributed by atoms with Gasteiger partial charge in [-0.15, -0.1) is 0 Å². The molecule has 2 aromatic rings. The quantitative estimate of drug-likeness (QED) is 0.653. The summed E-state index contributed by atoms with van der Waals surface area (Å²) in [6, 6.07) is 13.8. The fourth-order valence-corrected chi connectivity index (χ4v) is 1.94. The van der Waals surface area contributed by atoms with E-state index in [1.54, 1.807) is 25.1 Å². The van der Waals surface area contributed by atoms with Gasteiger partial charge < -0.3 is 9.84 Å². The molecule has 0 amide bonds. The van der Waals surface area contributed by atoms with Crippen molar-refractivity contribution >= 4 is 5.69 Å². The number of hydrogen-bond donors (Lipinski definition) is 1. The van der Waals surface area contributed by atoms with Crippen LogP contribution in [0.2, 0.25) is 0 Å². The molecule has 0 fully saturated rings. The number of rotatable bonds is 6. The average molecular weight is 287 g/mol. The van der Waals surface area contributed by atoms with Crippen LogP contribution in [0.15, 0.2) is 48.5 Å². The first-order valence-electron chi connectivity index (χ1n) is 6.70. The molecule has 0 unspecified atom stereocenters. The molecule has 0 aliphatic carbocycles. The topological polar surface area (TPSA) is 72.6 Å². The lowest BCUT2D eigenvalue weighted by atomic mass is 10.1. The fourth-order valence-electron chi connectivity index (χ4n) is 1.94. The zero-order chi connectivity index (χ0) is 15.2. The Morgan fingerprint density at radius 1 is 1.24 bits per heavy atom. The molecule has 0 aliphatic rings. The number of ether oxygens (including phenoxy) is 1. The first-order chi connectivity index (χ1) is 10.1. The summed E-state index contributed by atoms with van der Waals surface area (Å²) in [5.74, 6) is 0.704. The highest BCUT2D eigenvalue weighted by molar-refractivity contribution is 5.33. The normalized spacial score (nSPS) is 11.9. The van der Waals surface area contributed by atoms with E-state index in [9.17, 15) is 15.2 Å². The number of aliphatic hydroxyl groups excluding tert-OH is 1. The van der Waals surface area contributed by atoms with Gasteiger partial charge in [0, 0.05) is 18.6 Å². The molecule has 0 bridgehead atoms. The summed E-state index contributed by atoms with van der Waals surface area (Å²) >= 11 is 0. The van der Waals surface area contributed by atoms with Gasteiger partial charge in [0.2, 0.25) is 0 Å². The largest absolute Gasteiger partial charge is 0.493 e. The maximum Gasteiger partial charge on any atom is 0.269 e. The summed E-state index contributed by atoms with van der Waals surface area (Å²) in [5.41, 5.74) is 1.87. The summed E-state index contributed by atoms with van der Waals surface area (Å²) in [7, 11) is 0. The van der Waals surface area contributed by atoms with E-state index in [1.165, 1.54) is 12.1 Å². The van der Waals surface area contributed by atoms with Crippen LogP contribution in [0.5, 0.6) is 5.75 Å². The van der Waals surface area contributed by atoms with Gasteiger partial charge in [0.05, 0.1) is 17.6 Å². The van der Waals surface area contributed by atoms with Crippen molar-refractivity contribution < 1.29 is 14.8 Å². The van der Waals surface area contributed by atoms with E-state index in [1.807, 2.05) is 18.2 Å². The molecule has 0 saturated carbocycles. The Labute approximate surface area is 123 Å². The van der Waals surface area contributed by atoms with Crippen molar-refractivity contribution in [2.45, 2.75) is 19.4 Å². The number of non-ortho nitro benzene ring substituents is 1. The van der Waals surface area contributed by atoms with Crippen molar-refractivity contribution in [2.75, 3.05) is 6.61 Å². The van der Waals surface area contributed by atoms with E-state index in [2.05, 4.69) is 0 Å². The van der Waals surface area contributed by atoms with Crippen LogP contribution in [0.4, 0.5) is 5.69 Å². The van der Waals surface area contributed by atoms with Gasteiger partial charge in [0.25, 0.3) is 5.69 Å². The van der Waals surface area contributed by atoms with Gasteiger partial charge in [0.1, 0.15) is 5.75 Å². The minimum atomic E-state index is -0.525. The number of nitrogens with zero attached hydrogens (tertiary/aromatic N) is 1. The minimum absolute atomic E-state index is 0.0873. The molecular formula is C16H17NO4. The highest BCUT2D eigenvalue weighted by atomic mass is 16.6. The molecule has 0 heterocycles. The number of aliphatic hydroxyl groups is 1. The lowest BCUT2D eigenvalue weighted by Crippen LogP contribution is -2.02. The van der Waals surface area contributed by atoms with Crippen LogP contribution in [0.1, 0.15) is 24.2 Å². The van der Waals surface area contributed by atoms with Crippen LogP contribution in [0, 0.1) is 10.1 Å². The molecule has 0 spiro atoms. The maximum atomic E-state index is 10.6. The second-order valence-electron chi connectivity index (χ2n) is 4.77. The molecule has 5 heteroatoms. The van der Waals surface area contributed by atoms with Gasteiger partial charge in [-0.1, -0.05) is 24.3 Å². The van der Waals surface area contributed by atoms with E-state index < -0.39 is 11.0 Å². The second kappa shape index (κ2) is 6.85. The predicted molar refractivity (Wildman–Crippen MR) is 79.4 cm³/mol. The van der Waals surface area contributed by atoms with Crippen molar-refractivity contribution in [3.05, 3.63) is 69.8 Å². The zero-order valence-electron chi connectivity index (χ0n) is 11.7. The van der Waals surface area contributed by atoms with E-state index in [0.717, 1.165) is 11.1 Å². The Bertz CT molecular complexity index is 608. The Balaban J connectivity index is 1.89. The van der Waals surface area contributed by atoms with Crippen LogP contribution in [-0.2, 0) is 6.42 Å². The average Bonchev–Trinajstić information content (AvgIpc) is 2.48. The number of hydrogen-bond acceptors (Lipinski definition) is 4. The summed E-state index contributed by atoms with van der Waals surface area (Å²) < 4.78 is 5.63. The van der Waals surface area contributed by atoms with Crippen LogP contribution >= 0.6 is 0 Å². The lowest BCUT2D eigenvalue weighted by molar-refractivity contribution is -0.384. The number of nitro groups is 1. The van der Waals surface area contributed by atoms with Crippen molar-refractivity contribution in [1.82, 2.24) is 0 Å². The molecule has 0 aromatic heterocycles. The smallest absolute Gasteiger partial charge is 0.269 e. The van der Waals surface area contributed by atoms with E-state index in [-0.39, 0.29) is 5.69 Å². The summed E-state index contributed by atoms with van der Waals surface area (Å²) in [4.78, 5) is 10.1. The third kappa shape index (κ3) is 4.29. The number of nitro benzene ring substituents is 1. The standard InChI is InChI=1S/C16H17NO4/c1-12(18)14-3-2-4-16(11-14)21-10-9-13-5-7-15(8-6-13)17(19)20/h2-8,11-12,18H,9-10H2,1H3/t12-/m1/s1. The Hall–Kier alpha value is -2.40. The van der Waals surface area contributed by atoms with E-state index in [4.69, 9.17) is 4.74 Å². The monoisotopic (exact) mass is 287 g/mol. The molecule has 0 radical (unpaired) electrons. The van der Waals surface area contributed by atoms with Crippen LogP contribution in [0.3, 0.4) is 0 Å². The molecular weight excluding hydrogens is 270 g/mol. The Morgan fingerprint density at radius 2 is 1.95 bits per heavy atom. The van der Waals surface area contributed by atoms with Crippen LogP contribution < -0.4 is 4.74 Å². The fraction of sp³-hybridized carbons (Fsp3) is 0.250. The molecule has 2 rings (SSSR count). The highest BCUT2D eigenvalue weighted by Gasteiger charge is 2.05. The first kappa shape index (κ1) is 15.0. The lowest BCUT2D eigenvalue weighted by Gasteiger charge is -2.09. The van der Waals surface area contributed by atoms with E-state index in [0.29, 0.717) is 18.8 Å². The van der Waals surface area contributed by atoms with Crippen molar-refractivity contribution in [3.63, 3.8) is 0 Å². The Morgan fingerprint density at radius 3 is 2.57 bits per heavy atom. The molecule has 0 saturated heterocycles. The second-order valence-corrected chi connectivity index (χ2v) is 4.77. The van der Waals surface area contributed by atoms with Gasteiger partial charge >= 0.3 is 0 Å². The van der Waals surface area contributed by atoms with Gasteiger partial charge in [0.15, 0.2) is 0 Å². The highest BCUT2D eigenvalue weighted by Crippen LogP contribution is 2.19. The Kier molecular flexibility index (Phi) is 4.90. The third-order valence-electron chi connectivity index (χ3n) is 3.15. The molecule has 2 aromatic carbocycles. The summed E-state index contributed by atoms with van der Waals surface area (Å²) in [6.45, 7) is 2.18. The molecule has 1 atom stereocenters. The van der Waals surface area contributed by atoms with Gasteiger partial charge in [-0.05, 0) is 30.2 Å². The van der Waals surface area contributed by atoms with Crippen LogP contribution in [-0.4, -0.2) is 16.6 Å².